The van der Waals surface area contributed by atoms with Crippen LogP contribution in [-0.2, 0) is 0 Å². The smallest absolute Gasteiger partial charge is 0.0824 e. The number of rotatable bonds is 4. The maximum atomic E-state index is 10.4. The predicted molar refractivity (Wildman–Crippen MR) is 80.5 cm³/mol. The molecule has 0 aromatic heterocycles. The molecule has 3 atom stereocenters. The molecule has 19 heavy (non-hydrogen) atoms. The summed E-state index contributed by atoms with van der Waals surface area (Å²) >= 11 is 1.73. The van der Waals surface area contributed by atoms with E-state index in [1.807, 2.05) is 6.07 Å². The average Bonchev–Trinajstić information content (AvgIpc) is 3.28. The van der Waals surface area contributed by atoms with Gasteiger partial charge < -0.3 is 5.11 Å². The Balaban J connectivity index is 1.70. The van der Waals surface area contributed by atoms with Gasteiger partial charge in [0.1, 0.15) is 0 Å². The number of aliphatic hydroxyl groups is 1. The molecule has 2 heteroatoms. The molecule has 0 aliphatic heterocycles. The van der Waals surface area contributed by atoms with Crippen LogP contribution in [0.3, 0.4) is 0 Å². The molecule has 1 N–H and O–H groups in total. The molecule has 1 aliphatic rings. The topological polar surface area (TPSA) is 20.2 Å². The molecule has 1 saturated carbocycles. The van der Waals surface area contributed by atoms with E-state index in [2.05, 4.69) is 54.8 Å². The van der Waals surface area contributed by atoms with Crippen molar-refractivity contribution >= 4 is 11.8 Å². The van der Waals surface area contributed by atoms with Gasteiger partial charge in [-0.25, -0.2) is 0 Å². The third-order valence-corrected chi connectivity index (χ3v) is 4.67. The summed E-state index contributed by atoms with van der Waals surface area (Å²) in [5, 5.41) is 10.4. The minimum Gasteiger partial charge on any atom is -0.388 e. The molecule has 3 rings (SSSR count). The summed E-state index contributed by atoms with van der Waals surface area (Å²) in [6, 6.07) is 18.8. The van der Waals surface area contributed by atoms with Crippen LogP contribution < -0.4 is 0 Å². The molecule has 0 spiro atoms. The van der Waals surface area contributed by atoms with E-state index in [0.29, 0.717) is 11.8 Å². The van der Waals surface area contributed by atoms with Crippen LogP contribution in [0.15, 0.2) is 59.5 Å². The maximum Gasteiger partial charge on any atom is 0.0824 e. The van der Waals surface area contributed by atoms with Gasteiger partial charge in [-0.3, -0.25) is 0 Å². The van der Waals surface area contributed by atoms with E-state index in [-0.39, 0.29) is 6.10 Å². The number of thioether (sulfide) groups is 1. The van der Waals surface area contributed by atoms with Crippen molar-refractivity contribution in [1.29, 1.82) is 0 Å². The first kappa shape index (κ1) is 12.8. The van der Waals surface area contributed by atoms with Crippen molar-refractivity contribution in [3.05, 3.63) is 65.7 Å². The molecule has 1 nitrogen and oxygen atoms in total. The fourth-order valence-electron chi connectivity index (χ4n) is 2.70. The normalized spacial score (nSPS) is 23.1. The Bertz CT molecular complexity index is 535. The van der Waals surface area contributed by atoms with Crippen molar-refractivity contribution in [2.24, 2.45) is 5.92 Å². The first-order chi connectivity index (χ1) is 9.29. The lowest BCUT2D eigenvalue weighted by molar-refractivity contribution is 0.151. The van der Waals surface area contributed by atoms with Crippen LogP contribution in [0.25, 0.3) is 0 Å². The van der Waals surface area contributed by atoms with Crippen LogP contribution >= 0.6 is 11.8 Å². The van der Waals surface area contributed by atoms with Gasteiger partial charge in [-0.2, -0.15) is 0 Å². The van der Waals surface area contributed by atoms with Crippen LogP contribution in [0.4, 0.5) is 0 Å². The van der Waals surface area contributed by atoms with Gasteiger partial charge in [0.15, 0.2) is 0 Å². The standard InChI is InChI=1S/C17H18OS/c1-19-14-9-7-13(8-10-14)17(18)16-11-15(16)12-5-3-2-4-6-12/h2-10,15-18H,11H2,1H3. The van der Waals surface area contributed by atoms with Gasteiger partial charge in [-0.15, -0.1) is 11.8 Å². The van der Waals surface area contributed by atoms with Crippen molar-refractivity contribution in [1.82, 2.24) is 0 Å². The Hall–Kier alpha value is -1.25. The lowest BCUT2D eigenvalue weighted by atomic mass is 10.0. The summed E-state index contributed by atoms with van der Waals surface area (Å²) < 4.78 is 0. The third-order valence-electron chi connectivity index (χ3n) is 3.93. The molecule has 2 aromatic rings. The summed E-state index contributed by atoms with van der Waals surface area (Å²) in [7, 11) is 0. The summed E-state index contributed by atoms with van der Waals surface area (Å²) in [6.07, 6.45) is 2.83. The fraction of sp³-hybridized carbons (Fsp3) is 0.294. The zero-order valence-electron chi connectivity index (χ0n) is 11.0. The van der Waals surface area contributed by atoms with E-state index < -0.39 is 0 Å². The van der Waals surface area contributed by atoms with Gasteiger partial charge in [0.2, 0.25) is 0 Å². The second-order valence-corrected chi connectivity index (χ2v) is 6.01. The second kappa shape index (κ2) is 5.40. The van der Waals surface area contributed by atoms with Gasteiger partial charge in [-0.05, 0) is 47.8 Å². The largest absolute Gasteiger partial charge is 0.388 e. The number of benzene rings is 2. The van der Waals surface area contributed by atoms with E-state index in [1.165, 1.54) is 10.5 Å². The van der Waals surface area contributed by atoms with E-state index >= 15 is 0 Å². The summed E-state index contributed by atoms with van der Waals surface area (Å²) in [5.74, 6) is 0.902. The number of aliphatic hydroxyl groups excluding tert-OH is 1. The molecule has 1 aliphatic carbocycles. The highest BCUT2D eigenvalue weighted by atomic mass is 32.2. The molecular formula is C17H18OS. The zero-order chi connectivity index (χ0) is 13.2. The maximum absolute atomic E-state index is 10.4. The van der Waals surface area contributed by atoms with Crippen LogP contribution in [0.1, 0.15) is 29.6 Å². The zero-order valence-corrected chi connectivity index (χ0v) is 11.8. The van der Waals surface area contributed by atoms with Crippen molar-refractivity contribution in [3.8, 4) is 0 Å². The first-order valence-electron chi connectivity index (χ1n) is 6.66. The molecule has 2 aromatic carbocycles. The molecule has 98 valence electrons. The molecular weight excluding hydrogens is 252 g/mol. The summed E-state index contributed by atoms with van der Waals surface area (Å²) in [6.45, 7) is 0. The highest BCUT2D eigenvalue weighted by molar-refractivity contribution is 7.98. The monoisotopic (exact) mass is 270 g/mol. The lowest BCUT2D eigenvalue weighted by Crippen LogP contribution is -2.01. The van der Waals surface area contributed by atoms with E-state index in [4.69, 9.17) is 0 Å². The van der Waals surface area contributed by atoms with Gasteiger partial charge >= 0.3 is 0 Å². The Morgan fingerprint density at radius 1 is 1.05 bits per heavy atom. The van der Waals surface area contributed by atoms with Crippen LogP contribution in [0.2, 0.25) is 0 Å². The van der Waals surface area contributed by atoms with Crippen LogP contribution in [0.5, 0.6) is 0 Å². The first-order valence-corrected chi connectivity index (χ1v) is 7.89. The SMILES string of the molecule is CSc1ccc(C(O)C2CC2c2ccccc2)cc1. The summed E-state index contributed by atoms with van der Waals surface area (Å²) in [4.78, 5) is 1.24. The van der Waals surface area contributed by atoms with Crippen molar-refractivity contribution in [2.75, 3.05) is 6.26 Å². The van der Waals surface area contributed by atoms with E-state index in [9.17, 15) is 5.11 Å². The van der Waals surface area contributed by atoms with Gasteiger partial charge in [0.05, 0.1) is 6.10 Å². The average molecular weight is 270 g/mol. The highest BCUT2D eigenvalue weighted by Gasteiger charge is 2.43. The molecule has 0 radical (unpaired) electrons. The van der Waals surface area contributed by atoms with E-state index in [1.54, 1.807) is 11.8 Å². The minimum absolute atomic E-state index is 0.332. The third kappa shape index (κ3) is 2.70. The van der Waals surface area contributed by atoms with Gasteiger partial charge in [-0.1, -0.05) is 42.5 Å². The Morgan fingerprint density at radius 2 is 1.74 bits per heavy atom. The second-order valence-electron chi connectivity index (χ2n) is 5.13. The van der Waals surface area contributed by atoms with Crippen molar-refractivity contribution < 1.29 is 5.11 Å². The van der Waals surface area contributed by atoms with Gasteiger partial charge in [0, 0.05) is 4.90 Å². The number of hydrogen-bond donors (Lipinski definition) is 1. The molecule has 0 saturated heterocycles. The lowest BCUT2D eigenvalue weighted by Gasteiger charge is -2.11. The predicted octanol–water partition coefficient (Wildman–Crippen LogP) is 4.25. The van der Waals surface area contributed by atoms with Gasteiger partial charge in [0.25, 0.3) is 0 Å². The summed E-state index contributed by atoms with van der Waals surface area (Å²) in [5.41, 5.74) is 2.40. The molecule has 3 unspecified atom stereocenters. The van der Waals surface area contributed by atoms with Crippen LogP contribution in [0, 0.1) is 5.92 Å². The highest BCUT2D eigenvalue weighted by Crippen LogP contribution is 2.53. The Kier molecular flexibility index (Phi) is 3.63. The van der Waals surface area contributed by atoms with Crippen LogP contribution in [-0.4, -0.2) is 11.4 Å². The van der Waals surface area contributed by atoms with E-state index in [0.717, 1.165) is 12.0 Å². The number of hydrogen-bond acceptors (Lipinski definition) is 2. The molecule has 0 amide bonds. The Morgan fingerprint density at radius 3 is 2.37 bits per heavy atom. The molecule has 0 heterocycles. The molecule has 1 fully saturated rings. The molecule has 0 bridgehead atoms. The van der Waals surface area contributed by atoms with Crippen molar-refractivity contribution in [3.63, 3.8) is 0 Å². The fourth-order valence-corrected chi connectivity index (χ4v) is 3.10. The van der Waals surface area contributed by atoms with Crippen molar-refractivity contribution in [2.45, 2.75) is 23.3 Å². The Labute approximate surface area is 118 Å². The minimum atomic E-state index is -0.332. The quantitative estimate of drug-likeness (QED) is 0.838.